The van der Waals surface area contributed by atoms with E-state index in [1.165, 1.54) is 6.07 Å². The molecular weight excluding hydrogens is 223 g/mol. The predicted octanol–water partition coefficient (Wildman–Crippen LogP) is 3.06. The van der Waals surface area contributed by atoms with Crippen LogP contribution in [0, 0.1) is 0 Å². The zero-order valence-corrected chi connectivity index (χ0v) is 9.85. The Bertz CT molecular complexity index is 306. The summed E-state index contributed by atoms with van der Waals surface area (Å²) in [6.45, 7) is 3.89. The molecule has 0 fully saturated rings. The largest absolute Gasteiger partial charge is 0.371 e. The molecule has 0 aliphatic heterocycles. The molecule has 0 saturated carbocycles. The van der Waals surface area contributed by atoms with Gasteiger partial charge in [0.1, 0.15) is 15.9 Å². The molecule has 0 N–H and O–H groups in total. The Morgan fingerprint density at radius 2 is 1.86 bits per heavy atom. The first kappa shape index (κ1) is 11.7. The van der Waals surface area contributed by atoms with Crippen molar-refractivity contribution in [2.75, 3.05) is 7.11 Å². The highest BCUT2D eigenvalue weighted by atomic mass is 35.5. The van der Waals surface area contributed by atoms with Crippen molar-refractivity contribution in [3.8, 4) is 0 Å². The summed E-state index contributed by atoms with van der Waals surface area (Å²) in [4.78, 5) is 8.19. The van der Waals surface area contributed by atoms with E-state index in [-0.39, 0.29) is 0 Å². The number of halogens is 2. The third kappa shape index (κ3) is 2.35. The lowest BCUT2D eigenvalue weighted by Gasteiger charge is -2.24. The number of aromatic nitrogens is 2. The summed E-state index contributed by atoms with van der Waals surface area (Å²) in [5.41, 5.74) is -0.533. The molecule has 0 aliphatic carbocycles. The van der Waals surface area contributed by atoms with E-state index in [1.807, 2.05) is 13.8 Å². The molecule has 3 nitrogen and oxygen atoms in total. The minimum Gasteiger partial charge on any atom is -0.371 e. The second kappa shape index (κ2) is 4.43. The molecule has 0 spiro atoms. The van der Waals surface area contributed by atoms with E-state index < -0.39 is 5.60 Å². The van der Waals surface area contributed by atoms with Crippen LogP contribution in [0.4, 0.5) is 0 Å². The van der Waals surface area contributed by atoms with Crippen LogP contribution in [0.2, 0.25) is 10.3 Å². The fourth-order valence-electron chi connectivity index (χ4n) is 1.02. The normalized spacial score (nSPS) is 15.2. The molecule has 1 unspecified atom stereocenters. The lowest BCUT2D eigenvalue weighted by molar-refractivity contribution is -0.00896. The van der Waals surface area contributed by atoms with Crippen molar-refractivity contribution in [1.82, 2.24) is 9.97 Å². The fraction of sp³-hybridized carbons (Fsp3) is 0.556. The quantitative estimate of drug-likeness (QED) is 0.755. The van der Waals surface area contributed by atoms with E-state index in [0.29, 0.717) is 16.1 Å². The molecule has 14 heavy (non-hydrogen) atoms. The summed E-state index contributed by atoms with van der Waals surface area (Å²) >= 11 is 11.6. The Morgan fingerprint density at radius 1 is 1.36 bits per heavy atom. The third-order valence-electron chi connectivity index (χ3n) is 2.26. The van der Waals surface area contributed by atoms with Crippen molar-refractivity contribution >= 4 is 23.2 Å². The van der Waals surface area contributed by atoms with Crippen molar-refractivity contribution in [3.05, 3.63) is 22.2 Å². The molecule has 0 saturated heterocycles. The molecular formula is C9H12Cl2N2O. The van der Waals surface area contributed by atoms with Crippen LogP contribution in [-0.4, -0.2) is 17.1 Å². The van der Waals surface area contributed by atoms with Crippen molar-refractivity contribution in [1.29, 1.82) is 0 Å². The molecule has 0 aliphatic rings. The highest BCUT2D eigenvalue weighted by Gasteiger charge is 2.27. The Kier molecular flexibility index (Phi) is 3.70. The Morgan fingerprint density at radius 3 is 2.21 bits per heavy atom. The van der Waals surface area contributed by atoms with Gasteiger partial charge in [0.2, 0.25) is 0 Å². The average molecular weight is 235 g/mol. The minimum absolute atomic E-state index is 0.330. The molecule has 5 heteroatoms. The molecule has 1 aromatic heterocycles. The zero-order chi connectivity index (χ0) is 10.8. The van der Waals surface area contributed by atoms with Gasteiger partial charge in [0.15, 0.2) is 5.82 Å². The number of hydrogen-bond acceptors (Lipinski definition) is 3. The number of nitrogens with zero attached hydrogens (tertiary/aromatic N) is 2. The molecule has 1 aromatic rings. The van der Waals surface area contributed by atoms with Crippen LogP contribution in [0.3, 0.4) is 0 Å². The number of methoxy groups -OCH3 is 1. The van der Waals surface area contributed by atoms with Gasteiger partial charge < -0.3 is 4.74 Å². The van der Waals surface area contributed by atoms with E-state index in [1.54, 1.807) is 7.11 Å². The van der Waals surface area contributed by atoms with Gasteiger partial charge in [-0.2, -0.15) is 0 Å². The first-order valence-corrected chi connectivity index (χ1v) is 5.03. The second-order valence-electron chi connectivity index (χ2n) is 3.13. The molecule has 1 atom stereocenters. The number of ether oxygens (including phenoxy) is 1. The lowest BCUT2D eigenvalue weighted by Crippen LogP contribution is -2.26. The first-order valence-electron chi connectivity index (χ1n) is 4.27. The van der Waals surface area contributed by atoms with E-state index in [0.717, 1.165) is 6.42 Å². The van der Waals surface area contributed by atoms with E-state index in [2.05, 4.69) is 9.97 Å². The Balaban J connectivity index is 3.17. The van der Waals surface area contributed by atoms with Crippen LogP contribution in [-0.2, 0) is 10.3 Å². The van der Waals surface area contributed by atoms with Crippen LogP contribution in [0.5, 0.6) is 0 Å². The van der Waals surface area contributed by atoms with Crippen LogP contribution in [0.15, 0.2) is 6.07 Å². The van der Waals surface area contributed by atoms with Gasteiger partial charge in [-0.3, -0.25) is 0 Å². The summed E-state index contributed by atoms with van der Waals surface area (Å²) in [6.07, 6.45) is 0.750. The van der Waals surface area contributed by atoms with Gasteiger partial charge in [0.05, 0.1) is 0 Å². The topological polar surface area (TPSA) is 35.0 Å². The van der Waals surface area contributed by atoms with Gasteiger partial charge in [-0.15, -0.1) is 0 Å². The monoisotopic (exact) mass is 234 g/mol. The summed E-state index contributed by atoms with van der Waals surface area (Å²) in [7, 11) is 1.61. The SMILES string of the molecule is CCC(C)(OC)c1nc(Cl)cc(Cl)n1. The Hall–Kier alpha value is -0.380. The highest BCUT2D eigenvalue weighted by molar-refractivity contribution is 6.33. The van der Waals surface area contributed by atoms with Gasteiger partial charge in [-0.05, 0) is 13.3 Å². The Labute approximate surface area is 93.4 Å². The van der Waals surface area contributed by atoms with Gasteiger partial charge in [0, 0.05) is 13.2 Å². The summed E-state index contributed by atoms with van der Waals surface area (Å²) in [5.74, 6) is 0.514. The van der Waals surface area contributed by atoms with E-state index in [4.69, 9.17) is 27.9 Å². The average Bonchev–Trinajstić information content (AvgIpc) is 2.15. The second-order valence-corrected chi connectivity index (χ2v) is 3.90. The smallest absolute Gasteiger partial charge is 0.163 e. The summed E-state index contributed by atoms with van der Waals surface area (Å²) in [5, 5.41) is 0.661. The first-order chi connectivity index (χ1) is 6.51. The molecule has 0 aromatic carbocycles. The fourth-order valence-corrected chi connectivity index (χ4v) is 1.44. The highest BCUT2D eigenvalue weighted by Crippen LogP contribution is 2.27. The zero-order valence-electron chi connectivity index (χ0n) is 8.34. The van der Waals surface area contributed by atoms with Gasteiger partial charge in [0.25, 0.3) is 0 Å². The van der Waals surface area contributed by atoms with E-state index in [9.17, 15) is 0 Å². The maximum absolute atomic E-state index is 5.78. The van der Waals surface area contributed by atoms with Crippen LogP contribution >= 0.6 is 23.2 Å². The summed E-state index contributed by atoms with van der Waals surface area (Å²) in [6, 6.07) is 1.50. The van der Waals surface area contributed by atoms with Gasteiger partial charge >= 0.3 is 0 Å². The van der Waals surface area contributed by atoms with Crippen molar-refractivity contribution in [2.45, 2.75) is 25.9 Å². The van der Waals surface area contributed by atoms with E-state index >= 15 is 0 Å². The van der Waals surface area contributed by atoms with Gasteiger partial charge in [-0.25, -0.2) is 9.97 Å². The minimum atomic E-state index is -0.533. The molecule has 0 radical (unpaired) electrons. The van der Waals surface area contributed by atoms with Crippen molar-refractivity contribution in [2.24, 2.45) is 0 Å². The van der Waals surface area contributed by atoms with Crippen molar-refractivity contribution in [3.63, 3.8) is 0 Å². The number of hydrogen-bond donors (Lipinski definition) is 0. The predicted molar refractivity (Wildman–Crippen MR) is 56.7 cm³/mol. The van der Waals surface area contributed by atoms with Crippen LogP contribution in [0.25, 0.3) is 0 Å². The molecule has 1 heterocycles. The molecule has 1 rings (SSSR count). The lowest BCUT2D eigenvalue weighted by atomic mass is 10.0. The molecule has 78 valence electrons. The van der Waals surface area contributed by atoms with Crippen LogP contribution in [0.1, 0.15) is 26.1 Å². The maximum atomic E-state index is 5.78. The van der Waals surface area contributed by atoms with Crippen molar-refractivity contribution < 1.29 is 4.74 Å². The molecule has 0 bridgehead atoms. The molecule has 0 amide bonds. The maximum Gasteiger partial charge on any atom is 0.163 e. The standard InChI is InChI=1S/C9H12Cl2N2O/c1-4-9(2,14-3)8-12-6(10)5-7(11)13-8/h5H,4H2,1-3H3. The third-order valence-corrected chi connectivity index (χ3v) is 2.65. The number of rotatable bonds is 3. The van der Waals surface area contributed by atoms with Gasteiger partial charge in [-0.1, -0.05) is 30.1 Å². The van der Waals surface area contributed by atoms with Crippen LogP contribution < -0.4 is 0 Å². The summed E-state index contributed by atoms with van der Waals surface area (Å²) < 4.78 is 5.34.